The number of anilines is 1. The molecule has 0 aromatic heterocycles. The van der Waals surface area contributed by atoms with Crippen LogP contribution >= 0.6 is 0 Å². The molecule has 0 fully saturated rings. The van der Waals surface area contributed by atoms with Crippen molar-refractivity contribution >= 4 is 17.6 Å². The number of primary amides is 1. The van der Waals surface area contributed by atoms with Gasteiger partial charge in [-0.05, 0) is 18.6 Å². The van der Waals surface area contributed by atoms with E-state index in [-0.39, 0.29) is 13.0 Å². The van der Waals surface area contributed by atoms with E-state index >= 15 is 0 Å². The van der Waals surface area contributed by atoms with Crippen molar-refractivity contribution in [3.05, 3.63) is 24.3 Å². The molecule has 0 bridgehead atoms. The summed E-state index contributed by atoms with van der Waals surface area (Å²) < 4.78 is 5.42. The molecule has 0 aliphatic heterocycles. The second-order valence-electron chi connectivity index (χ2n) is 4.00. The highest BCUT2D eigenvalue weighted by molar-refractivity contribution is 5.78. The number of nitrogens with two attached hydrogens (primary N) is 1. The summed E-state index contributed by atoms with van der Waals surface area (Å²) >= 11 is 0. The molecule has 1 aromatic rings. The zero-order valence-corrected chi connectivity index (χ0v) is 10.8. The van der Waals surface area contributed by atoms with Gasteiger partial charge in [-0.25, -0.2) is 4.79 Å². The van der Waals surface area contributed by atoms with Gasteiger partial charge in [0.1, 0.15) is 11.8 Å². The summed E-state index contributed by atoms with van der Waals surface area (Å²) in [4.78, 5) is 21.6. The van der Waals surface area contributed by atoms with Crippen LogP contribution in [0.4, 0.5) is 5.69 Å². The highest BCUT2D eigenvalue weighted by Gasteiger charge is 2.16. The molecule has 6 heteroatoms. The van der Waals surface area contributed by atoms with Crippen molar-refractivity contribution in [2.24, 2.45) is 5.73 Å². The van der Waals surface area contributed by atoms with Crippen LogP contribution in [0.1, 0.15) is 19.8 Å². The fraction of sp³-hybridized carbons (Fsp3) is 0.385. The Hall–Kier alpha value is -2.24. The SMILES string of the molecule is CCC(Nc1ccccc1OCCC(N)=O)C(=O)O. The van der Waals surface area contributed by atoms with E-state index in [1.807, 2.05) is 0 Å². The van der Waals surface area contributed by atoms with Gasteiger partial charge in [-0.15, -0.1) is 0 Å². The van der Waals surface area contributed by atoms with Crippen molar-refractivity contribution in [1.82, 2.24) is 0 Å². The third-order valence-corrected chi connectivity index (χ3v) is 2.53. The normalized spacial score (nSPS) is 11.6. The second kappa shape index (κ2) is 7.25. The molecule has 0 spiro atoms. The van der Waals surface area contributed by atoms with Gasteiger partial charge in [-0.2, -0.15) is 0 Å². The maximum absolute atomic E-state index is 11.0. The number of aliphatic carboxylic acids is 1. The molecular formula is C13H18N2O4. The Kier molecular flexibility index (Phi) is 5.66. The number of rotatable bonds is 8. The van der Waals surface area contributed by atoms with E-state index in [0.29, 0.717) is 17.9 Å². The first-order chi connectivity index (χ1) is 9.04. The van der Waals surface area contributed by atoms with Gasteiger partial charge in [0.25, 0.3) is 0 Å². The Morgan fingerprint density at radius 1 is 1.42 bits per heavy atom. The van der Waals surface area contributed by atoms with E-state index in [4.69, 9.17) is 15.6 Å². The lowest BCUT2D eigenvalue weighted by molar-refractivity contribution is -0.138. The third kappa shape index (κ3) is 4.87. The van der Waals surface area contributed by atoms with Crippen LogP contribution in [0.5, 0.6) is 5.75 Å². The first-order valence-corrected chi connectivity index (χ1v) is 6.04. The molecule has 0 radical (unpaired) electrons. The Morgan fingerprint density at radius 2 is 2.11 bits per heavy atom. The molecule has 1 atom stereocenters. The van der Waals surface area contributed by atoms with Crippen molar-refractivity contribution in [3.63, 3.8) is 0 Å². The smallest absolute Gasteiger partial charge is 0.326 e. The van der Waals surface area contributed by atoms with Crippen molar-refractivity contribution in [3.8, 4) is 5.75 Å². The maximum Gasteiger partial charge on any atom is 0.326 e. The van der Waals surface area contributed by atoms with Crippen LogP contribution in [0.15, 0.2) is 24.3 Å². The van der Waals surface area contributed by atoms with Crippen LogP contribution in [0.25, 0.3) is 0 Å². The fourth-order valence-electron chi connectivity index (χ4n) is 1.50. The number of ether oxygens (including phenoxy) is 1. The fourth-order valence-corrected chi connectivity index (χ4v) is 1.50. The molecule has 0 heterocycles. The van der Waals surface area contributed by atoms with Gasteiger partial charge < -0.3 is 20.9 Å². The van der Waals surface area contributed by atoms with Crippen molar-refractivity contribution < 1.29 is 19.4 Å². The lowest BCUT2D eigenvalue weighted by Crippen LogP contribution is -2.28. The number of nitrogens with one attached hydrogen (secondary N) is 1. The number of carbonyl (C=O) groups excluding carboxylic acids is 1. The average Bonchev–Trinajstić information content (AvgIpc) is 2.36. The van der Waals surface area contributed by atoms with E-state index < -0.39 is 17.9 Å². The summed E-state index contributed by atoms with van der Waals surface area (Å²) in [5.74, 6) is -0.861. The first-order valence-electron chi connectivity index (χ1n) is 6.04. The number of carboxylic acid groups (broad SMARTS) is 1. The molecule has 0 saturated carbocycles. The van der Waals surface area contributed by atoms with Crippen LogP contribution in [0, 0.1) is 0 Å². The monoisotopic (exact) mass is 266 g/mol. The molecule has 6 nitrogen and oxygen atoms in total. The number of hydrogen-bond acceptors (Lipinski definition) is 4. The third-order valence-electron chi connectivity index (χ3n) is 2.53. The van der Waals surface area contributed by atoms with E-state index in [0.717, 1.165) is 0 Å². The largest absolute Gasteiger partial charge is 0.491 e. The molecular weight excluding hydrogens is 248 g/mol. The van der Waals surface area contributed by atoms with Gasteiger partial charge in [0.2, 0.25) is 5.91 Å². The van der Waals surface area contributed by atoms with E-state index in [9.17, 15) is 9.59 Å². The van der Waals surface area contributed by atoms with Gasteiger partial charge in [0.05, 0.1) is 18.7 Å². The molecule has 1 aromatic carbocycles. The molecule has 4 N–H and O–H groups in total. The van der Waals surface area contributed by atoms with Crippen molar-refractivity contribution in [2.75, 3.05) is 11.9 Å². The summed E-state index contributed by atoms with van der Waals surface area (Å²) in [5, 5.41) is 11.9. The van der Waals surface area contributed by atoms with E-state index in [2.05, 4.69) is 5.32 Å². The summed E-state index contributed by atoms with van der Waals surface area (Å²) in [5.41, 5.74) is 5.61. The predicted octanol–water partition coefficient (Wildman–Crippen LogP) is 1.22. The summed E-state index contributed by atoms with van der Waals surface area (Å²) in [6.07, 6.45) is 0.565. The Bertz CT molecular complexity index is 448. The molecule has 1 rings (SSSR count). The minimum Gasteiger partial charge on any atom is -0.491 e. The van der Waals surface area contributed by atoms with Gasteiger partial charge in [0.15, 0.2) is 0 Å². The first kappa shape index (κ1) is 14.8. The second-order valence-corrected chi connectivity index (χ2v) is 4.00. The minimum absolute atomic E-state index is 0.116. The lowest BCUT2D eigenvalue weighted by atomic mass is 10.2. The number of carboxylic acids is 1. The standard InChI is InChI=1S/C13H18N2O4/c1-2-9(13(17)18)15-10-5-3-4-6-11(10)19-8-7-12(14)16/h3-6,9,15H,2,7-8H2,1H3,(H2,14,16)(H,17,18). The lowest BCUT2D eigenvalue weighted by Gasteiger charge is -2.17. The minimum atomic E-state index is -0.922. The zero-order chi connectivity index (χ0) is 14.3. The number of para-hydroxylation sites is 2. The number of amides is 1. The van der Waals surface area contributed by atoms with Gasteiger partial charge in [-0.1, -0.05) is 19.1 Å². The van der Waals surface area contributed by atoms with Gasteiger partial charge in [-0.3, -0.25) is 4.79 Å². The van der Waals surface area contributed by atoms with E-state index in [1.54, 1.807) is 31.2 Å². The maximum atomic E-state index is 11.0. The summed E-state index contributed by atoms with van der Waals surface area (Å²) in [7, 11) is 0. The van der Waals surface area contributed by atoms with Crippen LogP contribution in [0.3, 0.4) is 0 Å². The highest BCUT2D eigenvalue weighted by atomic mass is 16.5. The molecule has 104 valence electrons. The average molecular weight is 266 g/mol. The molecule has 19 heavy (non-hydrogen) atoms. The van der Waals surface area contributed by atoms with E-state index in [1.165, 1.54) is 0 Å². The van der Waals surface area contributed by atoms with Crippen molar-refractivity contribution in [2.45, 2.75) is 25.8 Å². The van der Waals surface area contributed by atoms with Crippen LogP contribution in [-0.2, 0) is 9.59 Å². The topological polar surface area (TPSA) is 102 Å². The van der Waals surface area contributed by atoms with Crippen LogP contribution < -0.4 is 15.8 Å². The van der Waals surface area contributed by atoms with Gasteiger partial charge in [0, 0.05) is 0 Å². The van der Waals surface area contributed by atoms with Crippen LogP contribution in [0.2, 0.25) is 0 Å². The summed E-state index contributed by atoms with van der Waals surface area (Å²) in [6, 6.07) is 6.30. The van der Waals surface area contributed by atoms with Crippen molar-refractivity contribution in [1.29, 1.82) is 0 Å². The number of carbonyl (C=O) groups is 2. The Labute approximate surface area is 111 Å². The Morgan fingerprint density at radius 3 is 2.68 bits per heavy atom. The molecule has 0 aliphatic carbocycles. The number of benzene rings is 1. The Balaban J connectivity index is 2.72. The zero-order valence-electron chi connectivity index (χ0n) is 10.8. The quantitative estimate of drug-likeness (QED) is 0.656. The number of hydrogen-bond donors (Lipinski definition) is 3. The molecule has 0 saturated heterocycles. The summed E-state index contributed by atoms with van der Waals surface area (Å²) in [6.45, 7) is 1.94. The van der Waals surface area contributed by atoms with Gasteiger partial charge >= 0.3 is 5.97 Å². The predicted molar refractivity (Wildman–Crippen MR) is 71.1 cm³/mol. The molecule has 1 amide bonds. The van der Waals surface area contributed by atoms with Crippen LogP contribution in [-0.4, -0.2) is 29.6 Å². The molecule has 1 unspecified atom stereocenters. The highest BCUT2D eigenvalue weighted by Crippen LogP contribution is 2.25. The molecule has 0 aliphatic rings.